The molecule has 0 saturated carbocycles. The van der Waals surface area contributed by atoms with Crippen molar-refractivity contribution in [2.45, 2.75) is 6.42 Å². The van der Waals surface area contributed by atoms with Crippen LogP contribution in [0.15, 0.2) is 30.3 Å². The van der Waals surface area contributed by atoms with Gasteiger partial charge in [-0.25, -0.2) is 4.21 Å². The second-order valence-electron chi connectivity index (χ2n) is 3.36. The molecule has 0 aliphatic rings. The largest absolute Gasteiger partial charge is 1.00 e. The maximum atomic E-state index is 10.6. The van der Waals surface area contributed by atoms with Crippen molar-refractivity contribution in [1.29, 1.82) is 0 Å². The summed E-state index contributed by atoms with van der Waals surface area (Å²) in [5.41, 5.74) is 1.96. The van der Waals surface area contributed by atoms with E-state index in [1.54, 1.807) is 0 Å². The van der Waals surface area contributed by atoms with Crippen molar-refractivity contribution in [3.05, 3.63) is 36.0 Å². The first-order valence-electron chi connectivity index (χ1n) is 4.71. The summed E-state index contributed by atoms with van der Waals surface area (Å²) in [6.07, 6.45) is 0.491. The minimum absolute atomic E-state index is 0. The topological polar surface area (TPSA) is 65.2 Å². The van der Waals surface area contributed by atoms with Gasteiger partial charge in [0.25, 0.3) is 0 Å². The van der Waals surface area contributed by atoms with Crippen LogP contribution in [0.5, 0.6) is 0 Å². The number of aromatic nitrogens is 1. The molecule has 0 fully saturated rings. The van der Waals surface area contributed by atoms with Crippen molar-refractivity contribution in [1.82, 2.24) is 4.98 Å². The third kappa shape index (κ3) is 4.67. The van der Waals surface area contributed by atoms with E-state index in [1.165, 1.54) is 0 Å². The fourth-order valence-corrected chi connectivity index (χ4v) is 2.01. The Hall–Kier alpha value is 0.0500. The van der Waals surface area contributed by atoms with Gasteiger partial charge in [0.05, 0.1) is 15.7 Å². The molecule has 0 radical (unpaired) electrons. The minimum Gasteiger partial charge on any atom is -0.748 e. The SMILES string of the molecule is O=S([O-])(=S)OCCc1cc2ccccc2[nH]1.[Na+]. The molecule has 1 unspecified atom stereocenters. The number of rotatable bonds is 4. The number of fused-ring (bicyclic) bond motifs is 1. The minimum atomic E-state index is -3.75. The van der Waals surface area contributed by atoms with Crippen LogP contribution in [0.2, 0.25) is 0 Å². The van der Waals surface area contributed by atoms with Gasteiger partial charge in [0, 0.05) is 17.6 Å². The van der Waals surface area contributed by atoms with Gasteiger partial charge in [0.15, 0.2) is 0 Å². The second-order valence-corrected chi connectivity index (χ2v) is 5.64. The number of para-hydroxylation sites is 1. The van der Waals surface area contributed by atoms with E-state index in [0.29, 0.717) is 6.42 Å². The van der Waals surface area contributed by atoms with Crippen LogP contribution < -0.4 is 29.6 Å². The Morgan fingerprint density at radius 1 is 1.41 bits per heavy atom. The molecule has 0 saturated heterocycles. The van der Waals surface area contributed by atoms with E-state index in [2.05, 4.69) is 20.4 Å². The summed E-state index contributed by atoms with van der Waals surface area (Å²) in [4.78, 5) is 3.17. The summed E-state index contributed by atoms with van der Waals surface area (Å²) < 4.78 is 25.6. The predicted octanol–water partition coefficient (Wildman–Crippen LogP) is -1.48. The molecule has 0 aliphatic carbocycles. The number of aromatic amines is 1. The first-order valence-corrected chi connectivity index (χ1v) is 7.05. The van der Waals surface area contributed by atoms with Gasteiger partial charge in [-0.3, -0.25) is 4.18 Å². The Labute approximate surface area is 127 Å². The van der Waals surface area contributed by atoms with Crippen molar-refractivity contribution in [2.75, 3.05) is 6.61 Å². The fourth-order valence-electron chi connectivity index (χ4n) is 1.52. The summed E-state index contributed by atoms with van der Waals surface area (Å²) in [7, 11) is -3.75. The van der Waals surface area contributed by atoms with Crippen molar-refractivity contribution in [2.24, 2.45) is 0 Å². The van der Waals surface area contributed by atoms with E-state index in [0.717, 1.165) is 16.6 Å². The maximum Gasteiger partial charge on any atom is 1.00 e. The summed E-state index contributed by atoms with van der Waals surface area (Å²) in [5.74, 6) is 0. The van der Waals surface area contributed by atoms with Crippen LogP contribution in [0.4, 0.5) is 0 Å². The zero-order valence-electron chi connectivity index (χ0n) is 9.34. The molecule has 2 rings (SSSR count). The molecule has 1 aromatic carbocycles. The second kappa shape index (κ2) is 6.29. The van der Waals surface area contributed by atoms with E-state index in [1.807, 2.05) is 30.3 Å². The summed E-state index contributed by atoms with van der Waals surface area (Å²) in [6.45, 7) is 0.0681. The van der Waals surface area contributed by atoms with Crippen LogP contribution in [-0.2, 0) is 30.8 Å². The summed E-state index contributed by atoms with van der Waals surface area (Å²) in [6, 6.07) is 9.80. The molecule has 1 aromatic heterocycles. The van der Waals surface area contributed by atoms with E-state index in [-0.39, 0.29) is 36.2 Å². The third-order valence-corrected chi connectivity index (χ3v) is 2.93. The number of hydrogen-bond donors (Lipinski definition) is 1. The zero-order chi connectivity index (χ0) is 11.6. The molecule has 1 N–H and O–H groups in total. The van der Waals surface area contributed by atoms with Gasteiger partial charge in [-0.1, -0.05) is 18.2 Å². The molecule has 86 valence electrons. The van der Waals surface area contributed by atoms with Crippen LogP contribution in [0.1, 0.15) is 5.69 Å². The monoisotopic (exact) mass is 279 g/mol. The smallest absolute Gasteiger partial charge is 0.748 e. The van der Waals surface area contributed by atoms with Gasteiger partial charge >= 0.3 is 29.6 Å². The van der Waals surface area contributed by atoms with Gasteiger partial charge < -0.3 is 9.54 Å². The predicted molar refractivity (Wildman–Crippen MR) is 64.2 cm³/mol. The van der Waals surface area contributed by atoms with E-state index in [9.17, 15) is 8.76 Å². The summed E-state index contributed by atoms with van der Waals surface area (Å²) >= 11 is 4.10. The van der Waals surface area contributed by atoms with Gasteiger partial charge in [-0.2, -0.15) is 0 Å². The normalized spacial score (nSPS) is 14.2. The maximum absolute atomic E-state index is 10.6. The molecule has 0 aliphatic heterocycles. The van der Waals surface area contributed by atoms with E-state index >= 15 is 0 Å². The number of hydrogen-bond acceptors (Lipinski definition) is 4. The first kappa shape index (κ1) is 15.1. The standard InChI is InChI=1S/C10H11NO3S2.Na/c12-16(13,15)14-6-5-9-7-8-3-1-2-4-10(8)11-9;/h1-4,7,11H,5-6H2,(H,12,13,15);/q;+1/p-1. The van der Waals surface area contributed by atoms with Crippen molar-refractivity contribution in [3.8, 4) is 0 Å². The molecule has 0 amide bonds. The van der Waals surface area contributed by atoms with Gasteiger partial charge in [0.2, 0.25) is 0 Å². The summed E-state index contributed by atoms with van der Waals surface area (Å²) in [5, 5.41) is 1.10. The Morgan fingerprint density at radius 3 is 2.76 bits per heavy atom. The van der Waals surface area contributed by atoms with Gasteiger partial charge in [-0.15, -0.1) is 0 Å². The molecular weight excluding hydrogens is 269 g/mol. The molecule has 17 heavy (non-hydrogen) atoms. The molecule has 0 spiro atoms. The average molecular weight is 279 g/mol. The van der Waals surface area contributed by atoms with Crippen LogP contribution in [0.25, 0.3) is 10.9 Å². The Morgan fingerprint density at radius 2 is 2.12 bits per heavy atom. The average Bonchev–Trinajstić information content (AvgIpc) is 2.57. The van der Waals surface area contributed by atoms with E-state index < -0.39 is 9.05 Å². The molecule has 0 bridgehead atoms. The van der Waals surface area contributed by atoms with Crippen LogP contribution in [0.3, 0.4) is 0 Å². The molecule has 1 atom stereocenters. The zero-order valence-corrected chi connectivity index (χ0v) is 13.0. The molecule has 4 nitrogen and oxygen atoms in total. The number of H-pyrrole nitrogens is 1. The van der Waals surface area contributed by atoms with Crippen LogP contribution >= 0.6 is 0 Å². The van der Waals surface area contributed by atoms with Gasteiger partial charge in [0.1, 0.15) is 0 Å². The first-order chi connectivity index (χ1) is 7.54. The Bertz CT molecular complexity index is 561. The van der Waals surface area contributed by atoms with Crippen molar-refractivity contribution >= 4 is 31.1 Å². The van der Waals surface area contributed by atoms with Gasteiger partial charge in [-0.05, 0) is 28.7 Å². The molecular formula is C10H10NNaO3S2. The molecule has 2 aromatic rings. The van der Waals surface area contributed by atoms with Crippen molar-refractivity contribution in [3.63, 3.8) is 0 Å². The Kier molecular flexibility index (Phi) is 5.59. The number of benzene rings is 1. The van der Waals surface area contributed by atoms with Crippen molar-refractivity contribution < 1.29 is 42.5 Å². The Balaban J connectivity index is 0.00000144. The van der Waals surface area contributed by atoms with Crippen LogP contribution in [-0.4, -0.2) is 20.4 Å². The quantitative estimate of drug-likeness (QED) is 0.694. The van der Waals surface area contributed by atoms with Crippen LogP contribution in [0, 0.1) is 0 Å². The number of nitrogens with one attached hydrogen (secondary N) is 1. The molecule has 1 heterocycles. The third-order valence-electron chi connectivity index (χ3n) is 2.18. The van der Waals surface area contributed by atoms with E-state index in [4.69, 9.17) is 0 Å². The molecule has 7 heteroatoms. The fraction of sp³-hybridized carbons (Fsp3) is 0.200.